The largest absolute Gasteiger partial charge is 0.346 e. The number of amides is 1. The first-order valence-electron chi connectivity index (χ1n) is 7.86. The van der Waals surface area contributed by atoms with Crippen LogP contribution in [-0.2, 0) is 7.05 Å². The number of carbonyl (C=O) groups is 1. The minimum Gasteiger partial charge on any atom is -0.346 e. The van der Waals surface area contributed by atoms with Gasteiger partial charge in [-0.15, -0.1) is 0 Å². The van der Waals surface area contributed by atoms with Crippen LogP contribution in [0.4, 0.5) is 0 Å². The van der Waals surface area contributed by atoms with E-state index in [1.807, 2.05) is 41.9 Å². The predicted molar refractivity (Wildman–Crippen MR) is 84.5 cm³/mol. The molecule has 0 aliphatic carbocycles. The van der Waals surface area contributed by atoms with Crippen molar-refractivity contribution in [3.05, 3.63) is 42.2 Å². The molecule has 2 N–H and O–H groups in total. The van der Waals surface area contributed by atoms with Crippen LogP contribution >= 0.6 is 0 Å². The van der Waals surface area contributed by atoms with Crippen molar-refractivity contribution in [2.75, 3.05) is 0 Å². The highest BCUT2D eigenvalue weighted by Gasteiger charge is 2.39. The van der Waals surface area contributed by atoms with Gasteiger partial charge in [-0.1, -0.05) is 6.07 Å². The molecule has 2 aromatic heterocycles. The van der Waals surface area contributed by atoms with Crippen molar-refractivity contribution in [2.45, 2.75) is 37.4 Å². The highest BCUT2D eigenvalue weighted by molar-refractivity contribution is 5.94. The van der Waals surface area contributed by atoms with Gasteiger partial charge in [0.2, 0.25) is 0 Å². The number of aromatic nitrogens is 2. The van der Waals surface area contributed by atoms with Gasteiger partial charge in [0.25, 0.3) is 5.91 Å². The SMILES string of the molecule is Cn1c(C(=O)N[C@@H]2C[C@@H]3CC[C@@H]2N3)ccc1-c1ccccn1. The number of hydrogen-bond donors (Lipinski definition) is 2. The van der Waals surface area contributed by atoms with E-state index < -0.39 is 0 Å². The average molecular weight is 296 g/mol. The van der Waals surface area contributed by atoms with E-state index in [1.54, 1.807) is 6.20 Å². The first-order chi connectivity index (χ1) is 10.7. The van der Waals surface area contributed by atoms with Crippen LogP contribution in [0.15, 0.2) is 36.5 Å². The van der Waals surface area contributed by atoms with E-state index in [0.29, 0.717) is 17.8 Å². The summed E-state index contributed by atoms with van der Waals surface area (Å²) in [5, 5.41) is 6.74. The van der Waals surface area contributed by atoms with Crippen molar-refractivity contribution < 1.29 is 4.79 Å². The maximum Gasteiger partial charge on any atom is 0.268 e. The molecule has 0 unspecified atom stereocenters. The third-order valence-electron chi connectivity index (χ3n) is 4.90. The fourth-order valence-corrected chi connectivity index (χ4v) is 3.74. The monoisotopic (exact) mass is 296 g/mol. The molecule has 0 radical (unpaired) electrons. The predicted octanol–water partition coefficient (Wildman–Crippen LogP) is 1.71. The molecule has 4 heterocycles. The van der Waals surface area contributed by atoms with Gasteiger partial charge in [-0.25, -0.2) is 0 Å². The quantitative estimate of drug-likeness (QED) is 0.906. The van der Waals surface area contributed by atoms with E-state index in [4.69, 9.17) is 0 Å². The van der Waals surface area contributed by atoms with Crippen molar-refractivity contribution >= 4 is 5.91 Å². The summed E-state index contributed by atoms with van der Waals surface area (Å²) in [6, 6.07) is 10.9. The molecule has 4 rings (SSSR count). The first kappa shape index (κ1) is 13.5. The lowest BCUT2D eigenvalue weighted by Gasteiger charge is -2.21. The van der Waals surface area contributed by atoms with Gasteiger partial charge >= 0.3 is 0 Å². The molecule has 2 aromatic rings. The van der Waals surface area contributed by atoms with Gasteiger partial charge < -0.3 is 15.2 Å². The summed E-state index contributed by atoms with van der Waals surface area (Å²) >= 11 is 0. The Hall–Kier alpha value is -2.14. The van der Waals surface area contributed by atoms with Gasteiger partial charge in [0.1, 0.15) is 5.69 Å². The lowest BCUT2D eigenvalue weighted by molar-refractivity contribution is 0.0923. The summed E-state index contributed by atoms with van der Waals surface area (Å²) in [4.78, 5) is 16.9. The average Bonchev–Trinajstić information content (AvgIpc) is 3.23. The van der Waals surface area contributed by atoms with Crippen LogP contribution in [-0.4, -0.2) is 33.6 Å². The summed E-state index contributed by atoms with van der Waals surface area (Å²) in [6.07, 6.45) is 5.23. The number of nitrogens with one attached hydrogen (secondary N) is 2. The van der Waals surface area contributed by atoms with E-state index in [0.717, 1.165) is 17.8 Å². The Morgan fingerprint density at radius 3 is 2.91 bits per heavy atom. The lowest BCUT2D eigenvalue weighted by Crippen LogP contribution is -2.43. The van der Waals surface area contributed by atoms with Crippen LogP contribution in [0.2, 0.25) is 0 Å². The number of rotatable bonds is 3. The second-order valence-electron chi connectivity index (χ2n) is 6.24. The summed E-state index contributed by atoms with van der Waals surface area (Å²) < 4.78 is 1.91. The highest BCUT2D eigenvalue weighted by atomic mass is 16.2. The molecule has 0 saturated carbocycles. The topological polar surface area (TPSA) is 59.0 Å². The smallest absolute Gasteiger partial charge is 0.268 e. The second kappa shape index (κ2) is 5.25. The summed E-state index contributed by atoms with van der Waals surface area (Å²) in [5.41, 5.74) is 2.52. The van der Waals surface area contributed by atoms with Crippen LogP contribution in [0.1, 0.15) is 29.8 Å². The molecule has 5 nitrogen and oxygen atoms in total. The van der Waals surface area contributed by atoms with Gasteiger partial charge in [0.15, 0.2) is 0 Å². The second-order valence-corrected chi connectivity index (χ2v) is 6.24. The van der Waals surface area contributed by atoms with Crippen molar-refractivity contribution in [3.63, 3.8) is 0 Å². The molecule has 2 fully saturated rings. The zero-order valence-electron chi connectivity index (χ0n) is 12.6. The van der Waals surface area contributed by atoms with Crippen LogP contribution in [0.25, 0.3) is 11.4 Å². The van der Waals surface area contributed by atoms with Gasteiger partial charge in [0, 0.05) is 31.4 Å². The molecular weight excluding hydrogens is 276 g/mol. The Morgan fingerprint density at radius 1 is 1.32 bits per heavy atom. The third kappa shape index (κ3) is 2.22. The maximum atomic E-state index is 12.6. The normalized spacial score (nSPS) is 26.3. The molecule has 114 valence electrons. The van der Waals surface area contributed by atoms with Crippen LogP contribution in [0.5, 0.6) is 0 Å². The molecule has 0 aromatic carbocycles. The van der Waals surface area contributed by atoms with E-state index >= 15 is 0 Å². The molecule has 2 aliphatic rings. The van der Waals surface area contributed by atoms with Crippen molar-refractivity contribution in [1.29, 1.82) is 0 Å². The molecule has 22 heavy (non-hydrogen) atoms. The molecule has 2 bridgehead atoms. The molecule has 1 amide bonds. The summed E-state index contributed by atoms with van der Waals surface area (Å²) in [7, 11) is 1.91. The first-order valence-corrected chi connectivity index (χ1v) is 7.86. The van der Waals surface area contributed by atoms with Crippen LogP contribution in [0, 0.1) is 0 Å². The third-order valence-corrected chi connectivity index (χ3v) is 4.90. The summed E-state index contributed by atoms with van der Waals surface area (Å²) in [5.74, 6) is 0.00373. The Labute approximate surface area is 129 Å². The maximum absolute atomic E-state index is 12.6. The minimum atomic E-state index is 0.00373. The summed E-state index contributed by atoms with van der Waals surface area (Å²) in [6.45, 7) is 0. The van der Waals surface area contributed by atoms with E-state index in [1.165, 1.54) is 12.8 Å². The highest BCUT2D eigenvalue weighted by Crippen LogP contribution is 2.28. The number of hydrogen-bond acceptors (Lipinski definition) is 3. The zero-order chi connectivity index (χ0) is 15.1. The fraction of sp³-hybridized carbons (Fsp3) is 0.412. The van der Waals surface area contributed by atoms with E-state index in [-0.39, 0.29) is 11.9 Å². The zero-order valence-corrected chi connectivity index (χ0v) is 12.6. The Morgan fingerprint density at radius 2 is 2.23 bits per heavy atom. The minimum absolute atomic E-state index is 0.00373. The standard InChI is InChI=1S/C17H20N4O/c1-21-15(13-4-2-3-9-18-13)7-8-16(21)17(22)20-14-10-11-5-6-12(14)19-11/h2-4,7-9,11-12,14,19H,5-6,10H2,1H3,(H,20,22)/t11-,12-,14+/m0/s1. The van der Waals surface area contributed by atoms with Crippen LogP contribution < -0.4 is 10.6 Å². The van der Waals surface area contributed by atoms with Crippen molar-refractivity contribution in [2.24, 2.45) is 7.05 Å². The van der Waals surface area contributed by atoms with E-state index in [9.17, 15) is 4.79 Å². The van der Waals surface area contributed by atoms with Gasteiger partial charge in [0.05, 0.1) is 11.4 Å². The van der Waals surface area contributed by atoms with Crippen molar-refractivity contribution in [3.8, 4) is 11.4 Å². The molecule has 0 spiro atoms. The molecular formula is C17H20N4O. The van der Waals surface area contributed by atoms with Gasteiger partial charge in [-0.05, 0) is 43.5 Å². The Bertz CT molecular complexity index is 694. The Kier molecular flexibility index (Phi) is 3.22. The number of nitrogens with zero attached hydrogens (tertiary/aromatic N) is 2. The number of fused-ring (bicyclic) bond motifs is 2. The van der Waals surface area contributed by atoms with E-state index in [2.05, 4.69) is 15.6 Å². The Balaban J connectivity index is 1.53. The molecule has 3 atom stereocenters. The van der Waals surface area contributed by atoms with Crippen LogP contribution in [0.3, 0.4) is 0 Å². The molecule has 5 heteroatoms. The number of carbonyl (C=O) groups excluding carboxylic acids is 1. The lowest BCUT2D eigenvalue weighted by atomic mass is 9.95. The molecule has 2 aliphatic heterocycles. The number of pyridine rings is 1. The molecule has 2 saturated heterocycles. The van der Waals surface area contributed by atoms with Gasteiger partial charge in [-0.3, -0.25) is 9.78 Å². The van der Waals surface area contributed by atoms with Crippen molar-refractivity contribution in [1.82, 2.24) is 20.2 Å². The fourth-order valence-electron chi connectivity index (χ4n) is 3.74. The van der Waals surface area contributed by atoms with Gasteiger partial charge in [-0.2, -0.15) is 0 Å².